The summed E-state index contributed by atoms with van der Waals surface area (Å²) in [5, 5.41) is 0. The Bertz CT molecular complexity index is 361. The number of hydrogen-bond donors (Lipinski definition) is 1. The van der Waals surface area contributed by atoms with Gasteiger partial charge < -0.3 is 5.73 Å². The predicted octanol–water partition coefficient (Wildman–Crippen LogP) is 2.40. The summed E-state index contributed by atoms with van der Waals surface area (Å²) in [4.78, 5) is 11.5. The van der Waals surface area contributed by atoms with Gasteiger partial charge in [0.1, 0.15) is 6.61 Å². The van der Waals surface area contributed by atoms with E-state index in [2.05, 4.69) is 11.1 Å². The molecule has 0 amide bonds. The molecule has 0 rings (SSSR count). The summed E-state index contributed by atoms with van der Waals surface area (Å²) in [6, 6.07) is 0. The molecule has 0 bridgehead atoms. The van der Waals surface area contributed by atoms with E-state index >= 15 is 0 Å². The van der Waals surface area contributed by atoms with E-state index in [4.69, 9.17) is 5.73 Å². The zero-order valence-electron chi connectivity index (χ0n) is 14.3. The van der Waals surface area contributed by atoms with Crippen LogP contribution in [0.5, 0.6) is 0 Å². The fourth-order valence-electron chi connectivity index (χ4n) is 2.06. The monoisotopic (exact) mass is 344 g/mol. The number of ketones is 1. The van der Waals surface area contributed by atoms with Gasteiger partial charge in [0, 0.05) is 42.5 Å². The van der Waals surface area contributed by atoms with Crippen LogP contribution in [0.25, 0.3) is 0 Å². The smallest absolute Gasteiger partial charge is 0.268 e. The molecule has 22 heavy (non-hydrogen) atoms. The van der Waals surface area contributed by atoms with E-state index in [1.807, 2.05) is 0 Å². The Balaban J connectivity index is 0. The van der Waals surface area contributed by atoms with Crippen LogP contribution in [-0.2, 0) is 19.1 Å². The number of Topliss-reactive ketones (excluding diaryl/α,β-unsaturated/α-hetero) is 1. The minimum atomic E-state index is -3.62. The maximum Gasteiger partial charge on any atom is 0.268 e. The molecule has 0 saturated heterocycles. The number of nitrogens with two attached hydrogens (primary N) is 1. The zero-order chi connectivity index (χ0) is 16.0. The van der Waals surface area contributed by atoms with Crippen LogP contribution in [-0.4, -0.2) is 62.7 Å². The molecule has 0 spiro atoms. The van der Waals surface area contributed by atoms with Gasteiger partial charge in [-0.25, -0.2) is 0 Å². The van der Waals surface area contributed by atoms with Crippen molar-refractivity contribution in [1.29, 1.82) is 0 Å². The Kier molecular flexibility index (Phi) is 18.5. The Labute approximate surface area is 158 Å². The van der Waals surface area contributed by atoms with E-state index < -0.39 is 10.1 Å². The van der Waals surface area contributed by atoms with Gasteiger partial charge in [-0.1, -0.05) is 58.3 Å². The van der Waals surface area contributed by atoms with Crippen LogP contribution in [0.4, 0.5) is 0 Å². The van der Waals surface area contributed by atoms with Crippen molar-refractivity contribution in [2.45, 2.75) is 71.1 Å². The van der Waals surface area contributed by atoms with Crippen LogP contribution in [0.2, 0.25) is 0 Å². The van der Waals surface area contributed by atoms with Crippen molar-refractivity contribution in [3.8, 4) is 0 Å². The predicted molar refractivity (Wildman–Crippen MR) is 91.4 cm³/mol. The zero-order valence-corrected chi connectivity index (χ0v) is 17.1. The van der Waals surface area contributed by atoms with Gasteiger partial charge in [0.15, 0.2) is 5.78 Å². The van der Waals surface area contributed by atoms with E-state index in [1.54, 1.807) is 0 Å². The third-order valence-electron chi connectivity index (χ3n) is 3.33. The van der Waals surface area contributed by atoms with Crippen LogP contribution < -0.4 is 5.73 Å². The first-order chi connectivity index (χ1) is 10.0. The Morgan fingerprint density at radius 3 is 1.95 bits per heavy atom. The fourth-order valence-corrected chi connectivity index (χ4v) is 2.78. The molecule has 0 aliphatic carbocycles. The third kappa shape index (κ3) is 16.9. The molecule has 0 aliphatic heterocycles. The molecule has 0 aliphatic rings. The molecule has 0 atom stereocenters. The molecule has 0 fully saturated rings. The van der Waals surface area contributed by atoms with Crippen molar-refractivity contribution >= 4 is 45.5 Å². The summed E-state index contributed by atoms with van der Waals surface area (Å²) in [7, 11) is -3.62. The van der Waals surface area contributed by atoms with E-state index in [-0.39, 0.29) is 54.2 Å². The van der Waals surface area contributed by atoms with Gasteiger partial charge in [-0.2, -0.15) is 8.42 Å². The van der Waals surface area contributed by atoms with Gasteiger partial charge in [-0.05, 0) is 6.42 Å². The maximum absolute atomic E-state index is 11.5. The molecule has 1 radical (unpaired) electrons. The van der Waals surface area contributed by atoms with Crippen LogP contribution in [0.3, 0.4) is 0 Å². The van der Waals surface area contributed by atoms with Gasteiger partial charge in [0.25, 0.3) is 10.1 Å². The summed E-state index contributed by atoms with van der Waals surface area (Å²) < 4.78 is 27.0. The first-order valence-electron chi connectivity index (χ1n) is 8.10. The molecule has 7 heteroatoms. The van der Waals surface area contributed by atoms with Crippen molar-refractivity contribution in [2.24, 2.45) is 5.73 Å². The molecule has 0 unspecified atom stereocenters. The molecule has 127 valence electrons. The van der Waals surface area contributed by atoms with Crippen molar-refractivity contribution in [3.05, 3.63) is 0 Å². The number of rotatable bonds is 15. The standard InChI is InChI=1S/C15H31NO4S.Na/c1-2-3-4-5-6-7-8-9-10-11-15(17)14-20-21(18,19)13-12-16;/h2-14,16H2,1H3;. The molecule has 0 saturated carbocycles. The Morgan fingerprint density at radius 2 is 1.45 bits per heavy atom. The van der Waals surface area contributed by atoms with Crippen LogP contribution in [0, 0.1) is 0 Å². The van der Waals surface area contributed by atoms with Gasteiger partial charge in [-0.3, -0.25) is 8.98 Å². The van der Waals surface area contributed by atoms with Crippen molar-refractivity contribution in [3.63, 3.8) is 0 Å². The van der Waals surface area contributed by atoms with Crippen LogP contribution >= 0.6 is 0 Å². The minimum Gasteiger partial charge on any atom is -0.329 e. The molecule has 0 aromatic heterocycles. The third-order valence-corrected chi connectivity index (χ3v) is 4.54. The van der Waals surface area contributed by atoms with E-state index in [1.165, 1.54) is 38.5 Å². The Morgan fingerprint density at radius 1 is 0.955 bits per heavy atom. The van der Waals surface area contributed by atoms with Gasteiger partial charge in [0.2, 0.25) is 0 Å². The molecular weight excluding hydrogens is 313 g/mol. The summed E-state index contributed by atoms with van der Waals surface area (Å²) in [5.41, 5.74) is 5.14. The van der Waals surface area contributed by atoms with Gasteiger partial charge in [-0.15, -0.1) is 0 Å². The van der Waals surface area contributed by atoms with E-state index in [0.29, 0.717) is 6.42 Å². The quantitative estimate of drug-likeness (QED) is 0.280. The fraction of sp³-hybridized carbons (Fsp3) is 0.933. The second-order valence-corrected chi connectivity index (χ2v) is 7.19. The van der Waals surface area contributed by atoms with Crippen molar-refractivity contribution in [2.75, 3.05) is 18.9 Å². The number of hydrogen-bond acceptors (Lipinski definition) is 5. The topological polar surface area (TPSA) is 86.5 Å². The molecule has 5 nitrogen and oxygen atoms in total. The number of unbranched alkanes of at least 4 members (excludes halogenated alkanes) is 8. The van der Waals surface area contributed by atoms with E-state index in [9.17, 15) is 13.2 Å². The average Bonchev–Trinajstić information content (AvgIpc) is 2.43. The molecule has 2 N–H and O–H groups in total. The second-order valence-electron chi connectivity index (χ2n) is 5.43. The Hall–Kier alpha value is 0.540. The van der Waals surface area contributed by atoms with Crippen molar-refractivity contribution < 1.29 is 17.4 Å². The molecule has 0 heterocycles. The SMILES string of the molecule is CCCCCCCCCCCC(=O)COS(=O)(=O)CCN.[Na]. The first kappa shape index (κ1) is 24.8. The molecule has 0 aromatic rings. The number of carbonyl (C=O) groups is 1. The molecule has 0 aromatic carbocycles. The van der Waals surface area contributed by atoms with Crippen molar-refractivity contribution in [1.82, 2.24) is 0 Å². The first-order valence-corrected chi connectivity index (χ1v) is 9.68. The average molecular weight is 344 g/mol. The maximum atomic E-state index is 11.5. The molecular formula is C15H31NNaO4S. The normalized spacial score (nSPS) is 11.2. The largest absolute Gasteiger partial charge is 0.329 e. The van der Waals surface area contributed by atoms with E-state index in [0.717, 1.165) is 19.3 Å². The second kappa shape index (κ2) is 16.4. The van der Waals surface area contributed by atoms with Gasteiger partial charge in [0.05, 0.1) is 5.75 Å². The summed E-state index contributed by atoms with van der Waals surface area (Å²) in [6.07, 6.45) is 11.1. The van der Waals surface area contributed by atoms with Crippen LogP contribution in [0.1, 0.15) is 71.1 Å². The number of carbonyl (C=O) groups excluding carboxylic acids is 1. The van der Waals surface area contributed by atoms with Crippen LogP contribution in [0.15, 0.2) is 0 Å². The minimum absolute atomic E-state index is 0. The summed E-state index contributed by atoms with van der Waals surface area (Å²) in [6.45, 7) is 1.87. The summed E-state index contributed by atoms with van der Waals surface area (Å²) in [5.74, 6) is -0.392. The van der Waals surface area contributed by atoms with Gasteiger partial charge >= 0.3 is 0 Å². The summed E-state index contributed by atoms with van der Waals surface area (Å²) >= 11 is 0.